The lowest BCUT2D eigenvalue weighted by Gasteiger charge is -1.99. The van der Waals surface area contributed by atoms with Gasteiger partial charge in [-0.15, -0.1) is 0 Å². The summed E-state index contributed by atoms with van der Waals surface area (Å²) in [6.45, 7) is 2.84. The van der Waals surface area contributed by atoms with Gasteiger partial charge >= 0.3 is 0 Å². The maximum absolute atomic E-state index is 5.26. The topological polar surface area (TPSA) is 61.3 Å². The molecule has 0 saturated heterocycles. The average molecular weight is 132 g/mol. The van der Waals surface area contributed by atoms with Gasteiger partial charge in [0.25, 0.3) is 0 Å². The van der Waals surface area contributed by atoms with Gasteiger partial charge in [-0.2, -0.15) is 0 Å². The Labute approximate surface area is 56.4 Å². The van der Waals surface area contributed by atoms with E-state index in [1.54, 1.807) is 0 Å². The zero-order chi connectivity index (χ0) is 6.95. The molecule has 3 nitrogen and oxygen atoms in total. The van der Waals surface area contributed by atoms with Crippen LogP contribution >= 0.6 is 0 Å². The van der Waals surface area contributed by atoms with E-state index in [1.807, 2.05) is 0 Å². The van der Waals surface area contributed by atoms with Crippen LogP contribution in [0.1, 0.15) is 12.8 Å². The van der Waals surface area contributed by atoms with Crippen LogP contribution in [0.5, 0.6) is 0 Å². The Morgan fingerprint density at radius 1 is 0.889 bits per heavy atom. The third-order valence-electron chi connectivity index (χ3n) is 1.00. The molecule has 0 aliphatic rings. The van der Waals surface area contributed by atoms with Gasteiger partial charge in [-0.1, -0.05) is 0 Å². The Morgan fingerprint density at radius 2 is 1.67 bits per heavy atom. The molecule has 0 aromatic rings. The molecule has 0 saturated carbocycles. The summed E-state index contributed by atoms with van der Waals surface area (Å²) >= 11 is 0. The number of hydrogen-bond acceptors (Lipinski definition) is 3. The molecule has 0 aromatic carbocycles. The Morgan fingerprint density at radius 3 is 2.22 bits per heavy atom. The summed E-state index contributed by atoms with van der Waals surface area (Å²) in [5, 5.41) is 0. The maximum atomic E-state index is 5.26. The fourth-order valence-corrected chi connectivity index (χ4v) is 0.534. The fourth-order valence-electron chi connectivity index (χ4n) is 0.534. The fraction of sp³-hybridized carbons (Fsp3) is 1.00. The van der Waals surface area contributed by atoms with Crippen molar-refractivity contribution in [1.82, 2.24) is 0 Å². The second-order valence-electron chi connectivity index (χ2n) is 1.90. The minimum atomic E-state index is 0.614. The molecule has 0 spiro atoms. The second-order valence-corrected chi connectivity index (χ2v) is 1.90. The highest BCUT2D eigenvalue weighted by Crippen LogP contribution is 1.85. The van der Waals surface area contributed by atoms with Crippen molar-refractivity contribution in [3.05, 3.63) is 0 Å². The molecule has 0 heterocycles. The van der Waals surface area contributed by atoms with Crippen LogP contribution in [0, 0.1) is 0 Å². The molecule has 0 fully saturated rings. The van der Waals surface area contributed by atoms with Crippen LogP contribution in [0.15, 0.2) is 0 Å². The van der Waals surface area contributed by atoms with E-state index in [9.17, 15) is 0 Å². The van der Waals surface area contributed by atoms with E-state index in [4.69, 9.17) is 16.2 Å². The van der Waals surface area contributed by atoms with E-state index in [-0.39, 0.29) is 0 Å². The molecule has 56 valence electrons. The molecule has 3 heteroatoms. The molecule has 9 heavy (non-hydrogen) atoms. The SMILES string of the molecule is NCCCCOCCN. The molecule has 0 rings (SSSR count). The van der Waals surface area contributed by atoms with Crippen LogP contribution in [0.25, 0.3) is 0 Å². The molecule has 0 unspecified atom stereocenters. The van der Waals surface area contributed by atoms with Gasteiger partial charge in [0.05, 0.1) is 6.61 Å². The molecule has 0 aliphatic carbocycles. The molecule has 0 radical (unpaired) electrons. The summed E-state index contributed by atoms with van der Waals surface area (Å²) < 4.78 is 5.10. The lowest BCUT2D eigenvalue weighted by molar-refractivity contribution is 0.138. The minimum absolute atomic E-state index is 0.614. The van der Waals surface area contributed by atoms with Crippen molar-refractivity contribution in [3.63, 3.8) is 0 Å². The summed E-state index contributed by atoms with van der Waals surface area (Å²) in [5.41, 5.74) is 10.5. The summed E-state index contributed by atoms with van der Waals surface area (Å²) in [6.07, 6.45) is 2.10. The van der Waals surface area contributed by atoms with Gasteiger partial charge in [-0.05, 0) is 19.4 Å². The average Bonchev–Trinajstić information content (AvgIpc) is 1.89. The lowest BCUT2D eigenvalue weighted by Crippen LogP contribution is -2.09. The molecule has 0 amide bonds. The van der Waals surface area contributed by atoms with Gasteiger partial charge in [0, 0.05) is 13.2 Å². The Kier molecular flexibility index (Phi) is 7.77. The molecule has 0 aromatic heterocycles. The van der Waals surface area contributed by atoms with Crippen LogP contribution in [0.4, 0.5) is 0 Å². The molecule has 0 atom stereocenters. The number of rotatable bonds is 6. The zero-order valence-electron chi connectivity index (χ0n) is 5.81. The molecule has 0 bridgehead atoms. The Bertz CT molecular complexity index is 44.3. The summed E-state index contributed by atoms with van der Waals surface area (Å²) in [5.74, 6) is 0. The summed E-state index contributed by atoms with van der Waals surface area (Å²) in [4.78, 5) is 0. The van der Waals surface area contributed by atoms with Gasteiger partial charge in [-0.25, -0.2) is 0 Å². The van der Waals surface area contributed by atoms with E-state index in [0.29, 0.717) is 13.2 Å². The normalized spacial score (nSPS) is 10.0. The van der Waals surface area contributed by atoms with Crippen molar-refractivity contribution in [1.29, 1.82) is 0 Å². The first-order valence-electron chi connectivity index (χ1n) is 3.39. The van der Waals surface area contributed by atoms with Gasteiger partial charge in [0.15, 0.2) is 0 Å². The summed E-state index contributed by atoms with van der Waals surface area (Å²) in [7, 11) is 0. The predicted molar refractivity (Wildman–Crippen MR) is 38.2 cm³/mol. The molecule has 0 aliphatic heterocycles. The third-order valence-corrected chi connectivity index (χ3v) is 1.00. The van der Waals surface area contributed by atoms with E-state index < -0.39 is 0 Å². The maximum Gasteiger partial charge on any atom is 0.0588 e. The highest BCUT2D eigenvalue weighted by molar-refractivity contribution is 4.39. The van der Waals surface area contributed by atoms with Crippen molar-refractivity contribution in [2.45, 2.75) is 12.8 Å². The predicted octanol–water partition coefficient (Wildman–Crippen LogP) is -0.299. The molecular formula is C6H16N2O. The van der Waals surface area contributed by atoms with Crippen molar-refractivity contribution in [2.24, 2.45) is 11.5 Å². The van der Waals surface area contributed by atoms with Gasteiger partial charge < -0.3 is 16.2 Å². The monoisotopic (exact) mass is 132 g/mol. The number of unbranched alkanes of at least 4 members (excludes halogenated alkanes) is 1. The lowest BCUT2D eigenvalue weighted by atomic mass is 10.3. The molecular weight excluding hydrogens is 116 g/mol. The quantitative estimate of drug-likeness (QED) is 0.488. The van der Waals surface area contributed by atoms with Gasteiger partial charge in [-0.3, -0.25) is 0 Å². The van der Waals surface area contributed by atoms with E-state index >= 15 is 0 Å². The first kappa shape index (κ1) is 8.88. The zero-order valence-corrected chi connectivity index (χ0v) is 5.81. The second kappa shape index (κ2) is 7.88. The summed E-state index contributed by atoms with van der Waals surface area (Å²) in [6, 6.07) is 0. The van der Waals surface area contributed by atoms with Gasteiger partial charge in [0.1, 0.15) is 0 Å². The van der Waals surface area contributed by atoms with Crippen molar-refractivity contribution in [3.8, 4) is 0 Å². The van der Waals surface area contributed by atoms with Crippen LogP contribution in [-0.2, 0) is 4.74 Å². The van der Waals surface area contributed by atoms with Gasteiger partial charge in [0.2, 0.25) is 0 Å². The number of ether oxygens (including phenoxy) is 1. The van der Waals surface area contributed by atoms with Crippen molar-refractivity contribution >= 4 is 0 Å². The highest BCUT2D eigenvalue weighted by Gasteiger charge is 1.84. The number of nitrogens with two attached hydrogens (primary N) is 2. The first-order chi connectivity index (χ1) is 4.41. The Hall–Kier alpha value is -0.120. The van der Waals surface area contributed by atoms with E-state index in [0.717, 1.165) is 26.0 Å². The first-order valence-corrected chi connectivity index (χ1v) is 3.39. The standard InChI is InChI=1S/C6H16N2O/c7-3-1-2-5-9-6-4-8/h1-8H2. The Balaban J connectivity index is 2.60. The van der Waals surface area contributed by atoms with Crippen LogP contribution < -0.4 is 11.5 Å². The van der Waals surface area contributed by atoms with E-state index in [1.165, 1.54) is 0 Å². The van der Waals surface area contributed by atoms with E-state index in [2.05, 4.69) is 0 Å². The van der Waals surface area contributed by atoms with Crippen LogP contribution in [0.2, 0.25) is 0 Å². The van der Waals surface area contributed by atoms with Crippen LogP contribution in [-0.4, -0.2) is 26.3 Å². The largest absolute Gasteiger partial charge is 0.380 e. The smallest absolute Gasteiger partial charge is 0.0588 e. The third kappa shape index (κ3) is 7.88. The highest BCUT2D eigenvalue weighted by atomic mass is 16.5. The minimum Gasteiger partial charge on any atom is -0.380 e. The van der Waals surface area contributed by atoms with Crippen molar-refractivity contribution in [2.75, 3.05) is 26.3 Å². The molecule has 4 N–H and O–H groups in total. The van der Waals surface area contributed by atoms with Crippen LogP contribution in [0.3, 0.4) is 0 Å². The van der Waals surface area contributed by atoms with Crippen molar-refractivity contribution < 1.29 is 4.74 Å². The number of hydrogen-bond donors (Lipinski definition) is 2.